The number of anilines is 2. The van der Waals surface area contributed by atoms with Crippen LogP contribution >= 0.6 is 11.3 Å². The minimum atomic E-state index is 0.361. The quantitative estimate of drug-likeness (QED) is 0.901. The van der Waals surface area contributed by atoms with E-state index in [0.29, 0.717) is 6.04 Å². The van der Waals surface area contributed by atoms with Crippen molar-refractivity contribution in [3.8, 4) is 0 Å². The molecule has 5 nitrogen and oxygen atoms in total. The Bertz CT molecular complexity index is 574. The van der Waals surface area contributed by atoms with Crippen LogP contribution in [0.25, 0.3) is 0 Å². The molecule has 0 saturated carbocycles. The van der Waals surface area contributed by atoms with E-state index in [1.807, 2.05) is 26.1 Å². The van der Waals surface area contributed by atoms with E-state index in [1.165, 1.54) is 11.3 Å². The van der Waals surface area contributed by atoms with E-state index in [9.17, 15) is 0 Å². The normalized spacial score (nSPS) is 18.7. The number of aromatic nitrogens is 3. The standard InChI is InChI=1S/C13H17N5S/c1-8-7-15-13(19-8)18-12-6-11(16-9(2)17-12)10-4-3-5-14-10/h6-7,10,14H,3-5H2,1-2H3,(H,15,16,17,18). The largest absolute Gasteiger partial charge is 0.316 e. The van der Waals surface area contributed by atoms with Crippen LogP contribution in [0.2, 0.25) is 0 Å². The number of aryl methyl sites for hydroxylation is 2. The van der Waals surface area contributed by atoms with Crippen molar-refractivity contribution in [3.05, 3.63) is 28.7 Å². The van der Waals surface area contributed by atoms with Gasteiger partial charge in [0, 0.05) is 23.2 Å². The van der Waals surface area contributed by atoms with Crippen LogP contribution in [0.1, 0.15) is 35.3 Å². The van der Waals surface area contributed by atoms with Crippen LogP contribution < -0.4 is 10.6 Å². The molecular weight excluding hydrogens is 258 g/mol. The molecule has 0 spiro atoms. The van der Waals surface area contributed by atoms with E-state index in [1.54, 1.807) is 11.3 Å². The maximum Gasteiger partial charge on any atom is 0.188 e. The number of nitrogens with one attached hydrogen (secondary N) is 2. The average molecular weight is 275 g/mol. The molecule has 1 aliphatic heterocycles. The fourth-order valence-electron chi connectivity index (χ4n) is 2.29. The summed E-state index contributed by atoms with van der Waals surface area (Å²) in [5, 5.41) is 7.60. The van der Waals surface area contributed by atoms with Crippen LogP contribution in [0.5, 0.6) is 0 Å². The van der Waals surface area contributed by atoms with E-state index >= 15 is 0 Å². The first kappa shape index (κ1) is 12.5. The molecule has 3 rings (SSSR count). The summed E-state index contributed by atoms with van der Waals surface area (Å²) in [7, 11) is 0. The second-order valence-electron chi connectivity index (χ2n) is 4.78. The third kappa shape index (κ3) is 2.90. The highest BCUT2D eigenvalue weighted by Crippen LogP contribution is 2.25. The molecule has 0 aliphatic carbocycles. The summed E-state index contributed by atoms with van der Waals surface area (Å²) in [4.78, 5) is 14.4. The highest BCUT2D eigenvalue weighted by atomic mass is 32.1. The summed E-state index contributed by atoms with van der Waals surface area (Å²) in [5.74, 6) is 1.62. The molecule has 1 fully saturated rings. The number of rotatable bonds is 3. The van der Waals surface area contributed by atoms with Crippen LogP contribution in [0.3, 0.4) is 0 Å². The van der Waals surface area contributed by atoms with Crippen molar-refractivity contribution >= 4 is 22.3 Å². The van der Waals surface area contributed by atoms with Gasteiger partial charge in [-0.15, -0.1) is 11.3 Å². The van der Waals surface area contributed by atoms with Crippen LogP contribution in [0.15, 0.2) is 12.3 Å². The maximum absolute atomic E-state index is 4.53. The Morgan fingerprint density at radius 3 is 2.95 bits per heavy atom. The van der Waals surface area contributed by atoms with E-state index in [0.717, 1.165) is 35.4 Å². The van der Waals surface area contributed by atoms with Crippen LogP contribution in [0.4, 0.5) is 10.9 Å². The lowest BCUT2D eigenvalue weighted by atomic mass is 10.1. The summed E-state index contributed by atoms with van der Waals surface area (Å²) >= 11 is 1.63. The molecule has 1 atom stereocenters. The molecule has 0 aromatic carbocycles. The van der Waals surface area contributed by atoms with Crippen molar-refractivity contribution in [2.45, 2.75) is 32.7 Å². The predicted molar refractivity (Wildman–Crippen MR) is 76.9 cm³/mol. The Labute approximate surface area is 116 Å². The van der Waals surface area contributed by atoms with Gasteiger partial charge in [-0.3, -0.25) is 0 Å². The van der Waals surface area contributed by atoms with Gasteiger partial charge in [0.1, 0.15) is 11.6 Å². The summed E-state index contributed by atoms with van der Waals surface area (Å²) < 4.78 is 0. The van der Waals surface area contributed by atoms with E-state index < -0.39 is 0 Å². The molecule has 0 radical (unpaired) electrons. The van der Waals surface area contributed by atoms with E-state index in [-0.39, 0.29) is 0 Å². The highest BCUT2D eigenvalue weighted by Gasteiger charge is 2.18. The second-order valence-corrected chi connectivity index (χ2v) is 6.01. The molecule has 0 amide bonds. The molecule has 2 N–H and O–H groups in total. The first-order valence-electron chi connectivity index (χ1n) is 6.49. The SMILES string of the molecule is Cc1nc(Nc2ncc(C)s2)cc(C2CCCN2)n1. The second kappa shape index (κ2) is 5.22. The molecule has 0 bridgehead atoms. The van der Waals surface area contributed by atoms with Crippen LogP contribution in [-0.2, 0) is 0 Å². The molecular formula is C13H17N5S. The molecule has 1 aliphatic rings. The Morgan fingerprint density at radius 2 is 2.26 bits per heavy atom. The van der Waals surface area contributed by atoms with Gasteiger partial charge in [-0.1, -0.05) is 0 Å². The molecule has 2 aromatic heterocycles. The Balaban J connectivity index is 1.84. The number of hydrogen-bond acceptors (Lipinski definition) is 6. The number of nitrogens with zero attached hydrogens (tertiary/aromatic N) is 3. The first-order chi connectivity index (χ1) is 9.20. The van der Waals surface area contributed by atoms with E-state index in [4.69, 9.17) is 0 Å². The topological polar surface area (TPSA) is 62.7 Å². The van der Waals surface area contributed by atoms with Crippen molar-refractivity contribution in [1.29, 1.82) is 0 Å². The lowest BCUT2D eigenvalue weighted by molar-refractivity contribution is 0.623. The Morgan fingerprint density at radius 1 is 1.37 bits per heavy atom. The summed E-state index contributed by atoms with van der Waals surface area (Å²) in [5.41, 5.74) is 1.07. The van der Waals surface area contributed by atoms with E-state index in [2.05, 4.69) is 25.6 Å². The summed E-state index contributed by atoms with van der Waals surface area (Å²) in [6.07, 6.45) is 4.22. The van der Waals surface area contributed by atoms with Crippen molar-refractivity contribution in [3.63, 3.8) is 0 Å². The molecule has 19 heavy (non-hydrogen) atoms. The fraction of sp³-hybridized carbons (Fsp3) is 0.462. The maximum atomic E-state index is 4.53. The van der Waals surface area contributed by atoms with Gasteiger partial charge in [0.15, 0.2) is 5.13 Å². The summed E-state index contributed by atoms with van der Waals surface area (Å²) in [6, 6.07) is 2.38. The Hall–Kier alpha value is -1.53. The number of thiazole rings is 1. The third-order valence-corrected chi connectivity index (χ3v) is 3.96. The molecule has 2 aromatic rings. The van der Waals surface area contributed by atoms with Crippen molar-refractivity contribution in [2.24, 2.45) is 0 Å². The smallest absolute Gasteiger partial charge is 0.188 e. The first-order valence-corrected chi connectivity index (χ1v) is 7.31. The van der Waals surface area contributed by atoms with Gasteiger partial charge in [0.2, 0.25) is 0 Å². The van der Waals surface area contributed by atoms with Crippen molar-refractivity contribution in [1.82, 2.24) is 20.3 Å². The Kier molecular flexibility index (Phi) is 3.44. The molecule has 3 heterocycles. The average Bonchev–Trinajstić information content (AvgIpc) is 3.00. The van der Waals surface area contributed by atoms with Gasteiger partial charge in [-0.25, -0.2) is 15.0 Å². The zero-order valence-corrected chi connectivity index (χ0v) is 11.9. The van der Waals surface area contributed by atoms with Crippen molar-refractivity contribution in [2.75, 3.05) is 11.9 Å². The minimum absolute atomic E-state index is 0.361. The van der Waals surface area contributed by atoms with Gasteiger partial charge in [0.25, 0.3) is 0 Å². The lowest BCUT2D eigenvalue weighted by Gasteiger charge is -2.12. The van der Waals surface area contributed by atoms with Gasteiger partial charge in [-0.05, 0) is 33.2 Å². The van der Waals surface area contributed by atoms with Crippen molar-refractivity contribution < 1.29 is 0 Å². The van der Waals surface area contributed by atoms with Gasteiger partial charge in [-0.2, -0.15) is 0 Å². The van der Waals surface area contributed by atoms with Crippen LogP contribution in [0, 0.1) is 13.8 Å². The molecule has 1 saturated heterocycles. The monoisotopic (exact) mass is 275 g/mol. The zero-order chi connectivity index (χ0) is 13.2. The third-order valence-electron chi connectivity index (χ3n) is 3.13. The lowest BCUT2D eigenvalue weighted by Crippen LogP contribution is -2.15. The van der Waals surface area contributed by atoms with Gasteiger partial charge in [0.05, 0.1) is 5.69 Å². The minimum Gasteiger partial charge on any atom is -0.316 e. The van der Waals surface area contributed by atoms with Gasteiger partial charge < -0.3 is 10.6 Å². The number of hydrogen-bond donors (Lipinski definition) is 2. The molecule has 1 unspecified atom stereocenters. The fourth-order valence-corrected chi connectivity index (χ4v) is 2.96. The van der Waals surface area contributed by atoms with Crippen LogP contribution in [-0.4, -0.2) is 21.5 Å². The zero-order valence-electron chi connectivity index (χ0n) is 11.1. The molecule has 100 valence electrons. The predicted octanol–water partition coefficient (Wildman–Crippen LogP) is 2.72. The van der Waals surface area contributed by atoms with Gasteiger partial charge >= 0.3 is 0 Å². The summed E-state index contributed by atoms with van der Waals surface area (Å²) in [6.45, 7) is 5.04. The molecule has 6 heteroatoms. The highest BCUT2D eigenvalue weighted by molar-refractivity contribution is 7.15.